The van der Waals surface area contributed by atoms with E-state index < -0.39 is 6.10 Å². The van der Waals surface area contributed by atoms with E-state index in [1.807, 2.05) is 12.1 Å². The molecule has 2 atom stereocenters. The Morgan fingerprint density at radius 3 is 3.00 bits per heavy atom. The molecule has 16 heavy (non-hydrogen) atoms. The highest BCUT2D eigenvalue weighted by Crippen LogP contribution is 2.24. The lowest BCUT2D eigenvalue weighted by Gasteiger charge is -2.34. The fourth-order valence-corrected chi connectivity index (χ4v) is 2.29. The summed E-state index contributed by atoms with van der Waals surface area (Å²) in [7, 11) is 0. The summed E-state index contributed by atoms with van der Waals surface area (Å²) in [6, 6.07) is 4.44. The van der Waals surface area contributed by atoms with E-state index in [0.717, 1.165) is 17.9 Å². The summed E-state index contributed by atoms with van der Waals surface area (Å²) in [4.78, 5) is 6.75. The highest BCUT2D eigenvalue weighted by Gasteiger charge is 2.19. The van der Waals surface area contributed by atoms with E-state index in [2.05, 4.69) is 16.8 Å². The summed E-state index contributed by atoms with van der Waals surface area (Å²) in [5.74, 6) is 1.01. The van der Waals surface area contributed by atoms with Crippen LogP contribution >= 0.6 is 0 Å². The molecule has 0 saturated carbocycles. The minimum Gasteiger partial charge on any atom is -0.389 e. The van der Waals surface area contributed by atoms with E-state index in [1.54, 1.807) is 13.1 Å². The van der Waals surface area contributed by atoms with Crippen LogP contribution in [0, 0.1) is 0 Å². The van der Waals surface area contributed by atoms with E-state index >= 15 is 0 Å². The molecule has 1 fully saturated rings. The van der Waals surface area contributed by atoms with Gasteiger partial charge in [0.2, 0.25) is 0 Å². The molecule has 0 amide bonds. The van der Waals surface area contributed by atoms with Gasteiger partial charge in [-0.1, -0.05) is 0 Å². The number of aromatic nitrogens is 1. The Labute approximate surface area is 97.1 Å². The molecule has 1 saturated heterocycles. The van der Waals surface area contributed by atoms with Crippen LogP contribution in [0.25, 0.3) is 0 Å². The zero-order chi connectivity index (χ0) is 11.5. The van der Waals surface area contributed by atoms with Crippen molar-refractivity contribution in [2.75, 3.05) is 11.4 Å². The number of hydrogen-bond donors (Lipinski definition) is 1. The first-order valence-corrected chi connectivity index (χ1v) is 6.09. The second-order valence-electron chi connectivity index (χ2n) is 4.66. The molecule has 0 aromatic carbocycles. The lowest BCUT2D eigenvalue weighted by Crippen LogP contribution is -2.38. The second kappa shape index (κ2) is 4.83. The molecule has 0 bridgehead atoms. The number of hydrogen-bond acceptors (Lipinski definition) is 3. The molecule has 0 spiro atoms. The lowest BCUT2D eigenvalue weighted by molar-refractivity contribution is 0.199. The SMILES string of the molecule is CC1CCCCN1c1cc([C@H](C)O)ccn1. The number of aliphatic hydroxyl groups excluding tert-OH is 1. The van der Waals surface area contributed by atoms with Crippen molar-refractivity contribution in [3.05, 3.63) is 23.9 Å². The zero-order valence-electron chi connectivity index (χ0n) is 10.1. The van der Waals surface area contributed by atoms with Gasteiger partial charge in [-0.25, -0.2) is 4.98 Å². The Hall–Kier alpha value is -1.09. The molecule has 0 aliphatic carbocycles. The van der Waals surface area contributed by atoms with Crippen LogP contribution in [0.4, 0.5) is 5.82 Å². The predicted molar refractivity (Wildman–Crippen MR) is 65.5 cm³/mol. The molecule has 88 valence electrons. The third-order valence-corrected chi connectivity index (χ3v) is 3.35. The average molecular weight is 220 g/mol. The fraction of sp³-hybridized carbons (Fsp3) is 0.615. The van der Waals surface area contributed by atoms with Crippen molar-refractivity contribution in [2.45, 2.75) is 45.3 Å². The standard InChI is InChI=1S/C13H20N2O/c1-10-5-3-4-8-15(10)13-9-12(11(2)16)6-7-14-13/h6-7,9-11,16H,3-5,8H2,1-2H3/t10?,11-/m0/s1. The summed E-state index contributed by atoms with van der Waals surface area (Å²) in [5.41, 5.74) is 0.947. The van der Waals surface area contributed by atoms with Gasteiger partial charge in [-0.3, -0.25) is 0 Å². The maximum Gasteiger partial charge on any atom is 0.129 e. The number of pyridine rings is 1. The van der Waals surface area contributed by atoms with E-state index in [1.165, 1.54) is 19.3 Å². The summed E-state index contributed by atoms with van der Waals surface area (Å²) < 4.78 is 0. The van der Waals surface area contributed by atoms with Crippen LogP contribution in [-0.2, 0) is 0 Å². The van der Waals surface area contributed by atoms with Crippen LogP contribution in [0.15, 0.2) is 18.3 Å². The van der Waals surface area contributed by atoms with Gasteiger partial charge in [0.15, 0.2) is 0 Å². The van der Waals surface area contributed by atoms with Crippen molar-refractivity contribution in [2.24, 2.45) is 0 Å². The molecule has 1 aromatic rings. The summed E-state index contributed by atoms with van der Waals surface area (Å²) in [6.07, 6.45) is 5.17. The molecular weight excluding hydrogens is 200 g/mol. The highest BCUT2D eigenvalue weighted by molar-refractivity contribution is 5.42. The van der Waals surface area contributed by atoms with Crippen molar-refractivity contribution in [1.29, 1.82) is 0 Å². The molecule has 3 heteroatoms. The maximum absolute atomic E-state index is 9.57. The maximum atomic E-state index is 9.57. The van der Waals surface area contributed by atoms with Gasteiger partial charge >= 0.3 is 0 Å². The van der Waals surface area contributed by atoms with E-state index in [9.17, 15) is 5.11 Å². The summed E-state index contributed by atoms with van der Waals surface area (Å²) in [6.45, 7) is 5.12. The number of nitrogens with zero attached hydrogens (tertiary/aromatic N) is 2. The molecule has 1 aliphatic heterocycles. The van der Waals surface area contributed by atoms with E-state index in [-0.39, 0.29) is 0 Å². The summed E-state index contributed by atoms with van der Waals surface area (Å²) >= 11 is 0. The van der Waals surface area contributed by atoms with E-state index in [4.69, 9.17) is 0 Å². The number of piperidine rings is 1. The van der Waals surface area contributed by atoms with Gasteiger partial charge in [0.1, 0.15) is 5.82 Å². The third-order valence-electron chi connectivity index (χ3n) is 3.35. The molecule has 1 N–H and O–H groups in total. The van der Waals surface area contributed by atoms with Gasteiger partial charge in [-0.15, -0.1) is 0 Å². The van der Waals surface area contributed by atoms with Crippen LogP contribution in [0.3, 0.4) is 0 Å². The summed E-state index contributed by atoms with van der Waals surface area (Å²) in [5, 5.41) is 9.57. The second-order valence-corrected chi connectivity index (χ2v) is 4.66. The minimum atomic E-state index is -0.415. The van der Waals surface area contributed by atoms with Gasteiger partial charge in [0, 0.05) is 18.8 Å². The number of anilines is 1. The van der Waals surface area contributed by atoms with Gasteiger partial charge in [-0.05, 0) is 50.8 Å². The zero-order valence-corrected chi connectivity index (χ0v) is 10.1. The first-order valence-electron chi connectivity index (χ1n) is 6.09. The van der Waals surface area contributed by atoms with Crippen molar-refractivity contribution in [1.82, 2.24) is 4.98 Å². The predicted octanol–water partition coefficient (Wildman–Crippen LogP) is 2.51. The van der Waals surface area contributed by atoms with Crippen LogP contribution in [0.5, 0.6) is 0 Å². The largest absolute Gasteiger partial charge is 0.389 e. The van der Waals surface area contributed by atoms with Crippen molar-refractivity contribution in [3.8, 4) is 0 Å². The van der Waals surface area contributed by atoms with Crippen LogP contribution in [0.1, 0.15) is 44.8 Å². The first kappa shape index (κ1) is 11.4. The van der Waals surface area contributed by atoms with Crippen molar-refractivity contribution < 1.29 is 5.11 Å². The molecule has 3 nitrogen and oxygen atoms in total. The van der Waals surface area contributed by atoms with E-state index in [0.29, 0.717) is 6.04 Å². The molecule has 1 unspecified atom stereocenters. The molecule has 2 heterocycles. The van der Waals surface area contributed by atoms with Crippen molar-refractivity contribution >= 4 is 5.82 Å². The Kier molecular flexibility index (Phi) is 3.44. The first-order chi connectivity index (χ1) is 7.68. The molecule has 0 radical (unpaired) electrons. The number of rotatable bonds is 2. The quantitative estimate of drug-likeness (QED) is 0.832. The topological polar surface area (TPSA) is 36.4 Å². The van der Waals surface area contributed by atoms with Gasteiger partial charge in [0.05, 0.1) is 6.10 Å². The van der Waals surface area contributed by atoms with Crippen LogP contribution in [-0.4, -0.2) is 22.7 Å². The molecule has 2 rings (SSSR count). The smallest absolute Gasteiger partial charge is 0.129 e. The Bertz CT molecular complexity index is 352. The monoisotopic (exact) mass is 220 g/mol. The Morgan fingerprint density at radius 1 is 1.50 bits per heavy atom. The third kappa shape index (κ3) is 2.35. The highest BCUT2D eigenvalue weighted by atomic mass is 16.3. The fourth-order valence-electron chi connectivity index (χ4n) is 2.29. The van der Waals surface area contributed by atoms with Crippen LogP contribution < -0.4 is 4.90 Å². The Balaban J connectivity index is 2.21. The Morgan fingerprint density at radius 2 is 2.31 bits per heavy atom. The molecular formula is C13H20N2O. The minimum absolute atomic E-state index is 0.415. The van der Waals surface area contributed by atoms with Gasteiger partial charge in [-0.2, -0.15) is 0 Å². The normalized spacial score (nSPS) is 23.2. The average Bonchev–Trinajstić information content (AvgIpc) is 2.30. The van der Waals surface area contributed by atoms with Crippen LogP contribution in [0.2, 0.25) is 0 Å². The molecule has 1 aliphatic rings. The van der Waals surface area contributed by atoms with Gasteiger partial charge < -0.3 is 10.0 Å². The van der Waals surface area contributed by atoms with Crippen molar-refractivity contribution in [3.63, 3.8) is 0 Å². The molecule has 1 aromatic heterocycles. The number of aliphatic hydroxyl groups is 1. The van der Waals surface area contributed by atoms with Gasteiger partial charge in [0.25, 0.3) is 0 Å². The lowest BCUT2D eigenvalue weighted by atomic mass is 10.0.